The fourth-order valence-corrected chi connectivity index (χ4v) is 2.07. The average Bonchev–Trinajstić information content (AvgIpc) is 2.92. The lowest BCUT2D eigenvalue weighted by Crippen LogP contribution is -1.97. The van der Waals surface area contributed by atoms with E-state index in [4.69, 9.17) is 14.9 Å². The highest BCUT2D eigenvalue weighted by molar-refractivity contribution is 7.85. The molecule has 1 aromatic carbocycles. The highest BCUT2D eigenvalue weighted by Gasteiger charge is 2.06. The van der Waals surface area contributed by atoms with Gasteiger partial charge in [0, 0.05) is 11.6 Å². The molecule has 0 saturated carbocycles. The summed E-state index contributed by atoms with van der Waals surface area (Å²) in [6.07, 6.45) is 1.29. The SMILES string of the molecule is N#CC(C#N)=Cc1ccc(-c2ccc(S(=O)(=O)[O-])cc2)o1. The molecule has 0 bridgehead atoms. The number of hydrogen-bond acceptors (Lipinski definition) is 6. The van der Waals surface area contributed by atoms with E-state index in [1.165, 1.54) is 30.3 Å². The average molecular weight is 299 g/mol. The quantitative estimate of drug-likeness (QED) is 0.633. The van der Waals surface area contributed by atoms with Crippen LogP contribution in [0.1, 0.15) is 5.76 Å². The van der Waals surface area contributed by atoms with E-state index in [2.05, 4.69) is 0 Å². The molecule has 0 atom stereocenters. The lowest BCUT2D eigenvalue weighted by atomic mass is 10.2. The second-order valence-electron chi connectivity index (χ2n) is 3.96. The van der Waals surface area contributed by atoms with Crippen molar-refractivity contribution in [2.24, 2.45) is 0 Å². The van der Waals surface area contributed by atoms with Crippen molar-refractivity contribution in [1.29, 1.82) is 10.5 Å². The number of hydrogen-bond donors (Lipinski definition) is 0. The van der Waals surface area contributed by atoms with Gasteiger partial charge in [0.1, 0.15) is 39.4 Å². The van der Waals surface area contributed by atoms with E-state index in [9.17, 15) is 13.0 Å². The Labute approximate surface area is 120 Å². The van der Waals surface area contributed by atoms with Crippen LogP contribution in [0.2, 0.25) is 0 Å². The van der Waals surface area contributed by atoms with Crippen molar-refractivity contribution in [2.45, 2.75) is 4.90 Å². The topological polar surface area (TPSA) is 118 Å². The van der Waals surface area contributed by atoms with Gasteiger partial charge in [-0.25, -0.2) is 8.42 Å². The Morgan fingerprint density at radius 2 is 1.71 bits per heavy atom. The molecule has 0 saturated heterocycles. The Kier molecular flexibility index (Phi) is 3.90. The molecule has 1 aromatic heterocycles. The van der Waals surface area contributed by atoms with Crippen molar-refractivity contribution in [1.82, 2.24) is 0 Å². The zero-order valence-corrected chi connectivity index (χ0v) is 11.3. The van der Waals surface area contributed by atoms with Gasteiger partial charge in [-0.15, -0.1) is 0 Å². The van der Waals surface area contributed by atoms with Gasteiger partial charge in [-0.2, -0.15) is 10.5 Å². The Balaban J connectivity index is 2.33. The number of nitriles is 2. The number of nitrogens with zero attached hydrogens (tertiary/aromatic N) is 2. The molecule has 6 nitrogen and oxygen atoms in total. The summed E-state index contributed by atoms with van der Waals surface area (Å²) in [6.45, 7) is 0. The molecule has 0 aliphatic heterocycles. The molecular weight excluding hydrogens is 292 g/mol. The molecule has 1 heterocycles. The zero-order chi connectivity index (χ0) is 15.5. The lowest BCUT2D eigenvalue weighted by Gasteiger charge is -2.06. The predicted octanol–water partition coefficient (Wildman–Crippen LogP) is 2.28. The van der Waals surface area contributed by atoms with Crippen molar-refractivity contribution in [3.05, 3.63) is 47.7 Å². The van der Waals surface area contributed by atoms with Gasteiger partial charge in [-0.1, -0.05) is 0 Å². The number of furan rings is 1. The van der Waals surface area contributed by atoms with Gasteiger partial charge in [0.15, 0.2) is 0 Å². The van der Waals surface area contributed by atoms with Crippen molar-refractivity contribution < 1.29 is 17.4 Å². The van der Waals surface area contributed by atoms with Crippen LogP contribution in [0.15, 0.2) is 51.3 Å². The molecule has 2 aromatic rings. The number of allylic oxidation sites excluding steroid dienone is 1. The molecule has 0 spiro atoms. The highest BCUT2D eigenvalue weighted by Crippen LogP contribution is 2.24. The molecule has 21 heavy (non-hydrogen) atoms. The molecule has 7 heteroatoms. The van der Waals surface area contributed by atoms with E-state index in [1.807, 2.05) is 0 Å². The maximum Gasteiger partial charge on any atom is 0.134 e. The smallest absolute Gasteiger partial charge is 0.134 e. The van der Waals surface area contributed by atoms with Crippen molar-refractivity contribution in [3.63, 3.8) is 0 Å². The zero-order valence-electron chi connectivity index (χ0n) is 10.5. The summed E-state index contributed by atoms with van der Waals surface area (Å²) >= 11 is 0. The van der Waals surface area contributed by atoms with E-state index in [1.54, 1.807) is 24.3 Å². The van der Waals surface area contributed by atoms with Crippen molar-refractivity contribution in [3.8, 4) is 23.5 Å². The molecule has 0 radical (unpaired) electrons. The molecule has 0 unspecified atom stereocenters. The maximum atomic E-state index is 10.8. The first-order chi connectivity index (χ1) is 9.94. The largest absolute Gasteiger partial charge is 0.744 e. The normalized spacial score (nSPS) is 10.4. The van der Waals surface area contributed by atoms with Gasteiger partial charge in [-0.05, 0) is 36.4 Å². The summed E-state index contributed by atoms with van der Waals surface area (Å²) in [4.78, 5) is -0.325. The van der Waals surface area contributed by atoms with Gasteiger partial charge < -0.3 is 8.97 Å². The van der Waals surface area contributed by atoms with Crippen molar-refractivity contribution in [2.75, 3.05) is 0 Å². The minimum Gasteiger partial charge on any atom is -0.744 e. The molecule has 0 aliphatic rings. The second-order valence-corrected chi connectivity index (χ2v) is 5.34. The third kappa shape index (κ3) is 3.37. The van der Waals surface area contributed by atoms with Gasteiger partial charge >= 0.3 is 0 Å². The van der Waals surface area contributed by atoms with Crippen LogP contribution in [0.5, 0.6) is 0 Å². The Hall–Kier alpha value is -2.87. The van der Waals surface area contributed by atoms with Crippen LogP contribution >= 0.6 is 0 Å². The van der Waals surface area contributed by atoms with Crippen LogP contribution < -0.4 is 0 Å². The summed E-state index contributed by atoms with van der Waals surface area (Å²) in [5, 5.41) is 17.3. The Morgan fingerprint density at radius 3 is 2.24 bits per heavy atom. The minimum absolute atomic E-state index is 0.0938. The Morgan fingerprint density at radius 1 is 1.10 bits per heavy atom. The van der Waals surface area contributed by atoms with E-state index < -0.39 is 10.1 Å². The van der Waals surface area contributed by atoms with Gasteiger partial charge in [0.05, 0.1) is 4.90 Å². The van der Waals surface area contributed by atoms with Crippen molar-refractivity contribution >= 4 is 16.2 Å². The van der Waals surface area contributed by atoms with E-state index in [0.717, 1.165) is 0 Å². The van der Waals surface area contributed by atoms with Crippen LogP contribution in [0, 0.1) is 22.7 Å². The van der Waals surface area contributed by atoms with Crippen LogP contribution in [0.3, 0.4) is 0 Å². The number of benzene rings is 1. The van der Waals surface area contributed by atoms with Gasteiger partial charge in [-0.3, -0.25) is 0 Å². The summed E-state index contributed by atoms with van der Waals surface area (Å²) in [6, 6.07) is 11.9. The summed E-state index contributed by atoms with van der Waals surface area (Å²) in [5.74, 6) is 0.745. The fraction of sp³-hybridized carbons (Fsp3) is 0. The molecule has 0 fully saturated rings. The number of rotatable bonds is 3. The lowest BCUT2D eigenvalue weighted by molar-refractivity contribution is 0.463. The molecule has 0 amide bonds. The summed E-state index contributed by atoms with van der Waals surface area (Å²) in [7, 11) is -4.48. The van der Waals surface area contributed by atoms with Crippen LogP contribution in [-0.4, -0.2) is 13.0 Å². The molecule has 0 aliphatic carbocycles. The molecular formula is C14H7N2O4S-. The fourth-order valence-electron chi connectivity index (χ4n) is 1.60. The van der Waals surface area contributed by atoms with Gasteiger partial charge in [0.25, 0.3) is 0 Å². The first kappa shape index (κ1) is 14.5. The van der Waals surface area contributed by atoms with Crippen LogP contribution in [0.4, 0.5) is 0 Å². The molecule has 2 rings (SSSR count). The summed E-state index contributed by atoms with van der Waals surface area (Å²) < 4.78 is 37.9. The molecule has 0 N–H and O–H groups in total. The minimum atomic E-state index is -4.48. The first-order valence-corrected chi connectivity index (χ1v) is 7.03. The van der Waals surface area contributed by atoms with Crippen LogP contribution in [-0.2, 0) is 10.1 Å². The van der Waals surface area contributed by atoms with E-state index in [0.29, 0.717) is 17.1 Å². The monoisotopic (exact) mass is 299 g/mol. The standard InChI is InChI=1S/C14H8N2O4S/c15-8-10(9-16)7-12-3-6-14(20-12)11-1-4-13(5-2-11)21(17,18)19/h1-7H,(H,17,18,19)/p-1. The van der Waals surface area contributed by atoms with E-state index in [-0.39, 0.29) is 10.5 Å². The van der Waals surface area contributed by atoms with E-state index >= 15 is 0 Å². The second kappa shape index (κ2) is 5.63. The predicted molar refractivity (Wildman–Crippen MR) is 71.3 cm³/mol. The Bertz CT molecular complexity index is 862. The van der Waals surface area contributed by atoms with Gasteiger partial charge in [0.2, 0.25) is 0 Å². The third-order valence-electron chi connectivity index (χ3n) is 2.58. The summed E-state index contributed by atoms with van der Waals surface area (Å²) in [5.41, 5.74) is 0.473. The highest BCUT2D eigenvalue weighted by atomic mass is 32.2. The maximum absolute atomic E-state index is 10.8. The first-order valence-electron chi connectivity index (χ1n) is 5.62. The molecule has 104 valence electrons. The third-order valence-corrected chi connectivity index (χ3v) is 3.43. The van der Waals surface area contributed by atoms with Crippen LogP contribution in [0.25, 0.3) is 17.4 Å².